The van der Waals surface area contributed by atoms with E-state index in [1.54, 1.807) is 17.1 Å². The van der Waals surface area contributed by atoms with E-state index in [-0.39, 0.29) is 23.7 Å². The molecule has 2 fully saturated rings. The summed E-state index contributed by atoms with van der Waals surface area (Å²) in [4.78, 5) is 28.7. The number of nitrogens with zero attached hydrogens (tertiary/aromatic N) is 9. The molecule has 4 aliphatic rings. The van der Waals surface area contributed by atoms with Crippen LogP contribution in [0.25, 0.3) is 0 Å². The summed E-state index contributed by atoms with van der Waals surface area (Å²) in [6, 6.07) is 22.0. The van der Waals surface area contributed by atoms with Crippen LogP contribution in [-0.4, -0.2) is 122 Å². The maximum atomic E-state index is 12.9. The summed E-state index contributed by atoms with van der Waals surface area (Å²) in [5, 5.41) is 33.0. The molecule has 5 N–H and O–H groups in total. The van der Waals surface area contributed by atoms with Crippen LogP contribution in [0.5, 0.6) is 0 Å². The monoisotopic (exact) mass is 957 g/mol. The van der Waals surface area contributed by atoms with E-state index in [1.807, 2.05) is 72.3 Å². The quantitative estimate of drug-likeness (QED) is 0.0548. The highest BCUT2D eigenvalue weighted by atomic mass is 28.3. The predicted octanol–water partition coefficient (Wildman–Crippen LogP) is 7.77. The van der Waals surface area contributed by atoms with Crippen molar-refractivity contribution in [2.75, 3.05) is 58.9 Å². The van der Waals surface area contributed by atoms with Gasteiger partial charge in [0.05, 0.1) is 35.9 Å². The Kier molecular flexibility index (Phi) is 14.5. The maximum Gasteiger partial charge on any atom is 0.356 e. The molecule has 4 aromatic heterocycles. The number of ether oxygens (including phenoxy) is 1. The number of hydrogen-bond donors (Lipinski definition) is 4. The lowest BCUT2D eigenvalue weighted by Crippen LogP contribution is -2.25. The van der Waals surface area contributed by atoms with Gasteiger partial charge in [0.2, 0.25) is 0 Å². The Morgan fingerprint density at radius 1 is 0.841 bits per heavy atom. The van der Waals surface area contributed by atoms with Gasteiger partial charge >= 0.3 is 5.97 Å². The number of carboxylic acids is 1. The number of carbonyl (C=O) groups excluding carboxylic acids is 1. The number of amides is 1. The second kappa shape index (κ2) is 20.2. The molecule has 2 aromatic carbocycles. The van der Waals surface area contributed by atoms with Crippen LogP contribution in [0, 0.1) is 22.7 Å². The van der Waals surface area contributed by atoms with Crippen LogP contribution in [0.3, 0.4) is 0 Å². The van der Waals surface area contributed by atoms with Crippen molar-refractivity contribution in [1.82, 2.24) is 49.3 Å². The van der Waals surface area contributed by atoms with Gasteiger partial charge in [0.1, 0.15) is 6.73 Å². The molecule has 16 nitrogen and oxygen atoms in total. The Hall–Kier alpha value is -5.88. The van der Waals surface area contributed by atoms with Crippen LogP contribution in [-0.2, 0) is 37.2 Å². The minimum atomic E-state index is -1.10. The number of hydrogen-bond acceptors (Lipinski definition) is 10. The molecule has 1 amide bonds. The molecule has 368 valence electrons. The normalized spacial score (nSPS) is 21.6. The van der Waals surface area contributed by atoms with Crippen molar-refractivity contribution in [1.29, 1.82) is 0 Å². The zero-order valence-electron chi connectivity index (χ0n) is 41.9. The van der Waals surface area contributed by atoms with E-state index in [0.717, 1.165) is 73.9 Å². The zero-order valence-corrected chi connectivity index (χ0v) is 42.9. The van der Waals surface area contributed by atoms with Crippen LogP contribution < -0.4 is 11.1 Å². The summed E-state index contributed by atoms with van der Waals surface area (Å²) >= 11 is 0. The molecule has 10 rings (SSSR count). The maximum absolute atomic E-state index is 12.9. The number of nitrogens with two attached hydrogens (primary N) is 1. The van der Waals surface area contributed by atoms with Gasteiger partial charge in [0.15, 0.2) is 11.4 Å². The highest BCUT2D eigenvalue weighted by Gasteiger charge is 2.55. The number of aromatic nitrogens is 8. The highest BCUT2D eigenvalue weighted by Crippen LogP contribution is 2.60. The summed E-state index contributed by atoms with van der Waals surface area (Å²) in [5.41, 5.74) is 15.3. The number of rotatable bonds is 16. The minimum absolute atomic E-state index is 0.0672. The van der Waals surface area contributed by atoms with Crippen LogP contribution in [0.15, 0.2) is 85.5 Å². The van der Waals surface area contributed by atoms with Gasteiger partial charge in [-0.25, -0.2) is 9.48 Å². The molecule has 4 aliphatic carbocycles. The van der Waals surface area contributed by atoms with E-state index in [0.29, 0.717) is 46.5 Å². The fraction of sp³-hybridized carbons (Fsp3) is 0.500. The van der Waals surface area contributed by atoms with Crippen molar-refractivity contribution in [2.24, 2.45) is 22.7 Å². The van der Waals surface area contributed by atoms with E-state index >= 15 is 0 Å². The van der Waals surface area contributed by atoms with Gasteiger partial charge in [-0.05, 0) is 107 Å². The molecule has 0 spiro atoms. The van der Waals surface area contributed by atoms with Crippen molar-refractivity contribution in [3.8, 4) is 0 Å². The first-order valence-electron chi connectivity index (χ1n) is 24.3. The first-order chi connectivity index (χ1) is 32.8. The second-order valence-electron chi connectivity index (χ2n) is 22.1. The highest BCUT2D eigenvalue weighted by molar-refractivity contribution is 6.76. The Morgan fingerprint density at radius 3 is 1.96 bits per heavy atom. The smallest absolute Gasteiger partial charge is 0.356 e. The van der Waals surface area contributed by atoms with Gasteiger partial charge in [0.25, 0.3) is 5.91 Å². The van der Waals surface area contributed by atoms with Gasteiger partial charge in [-0.15, -0.1) is 0 Å². The summed E-state index contributed by atoms with van der Waals surface area (Å²) in [7, 11) is 7.11. The van der Waals surface area contributed by atoms with Crippen molar-refractivity contribution >= 4 is 31.3 Å². The molecular formula is C52H72N12O4Si. The number of aromatic amines is 1. The largest absolute Gasteiger partial charge is 0.476 e. The molecule has 0 aliphatic heterocycles. The van der Waals surface area contributed by atoms with E-state index in [9.17, 15) is 14.7 Å². The van der Waals surface area contributed by atoms with E-state index in [1.165, 1.54) is 24.0 Å². The Labute approximate surface area is 407 Å². The van der Waals surface area contributed by atoms with E-state index in [2.05, 4.69) is 112 Å². The number of anilines is 2. The molecule has 4 heterocycles. The molecule has 0 radical (unpaired) electrons. The lowest BCUT2D eigenvalue weighted by molar-refractivity contribution is 0.0667. The number of nitrogen functional groups attached to an aromatic ring is 1. The van der Waals surface area contributed by atoms with Crippen LogP contribution in [0.1, 0.15) is 93.4 Å². The molecular weight excluding hydrogens is 885 g/mol. The topological polar surface area (TPSA) is 190 Å². The van der Waals surface area contributed by atoms with E-state index in [4.69, 9.17) is 10.5 Å². The Bertz CT molecular complexity index is 2700. The third-order valence-electron chi connectivity index (χ3n) is 14.4. The van der Waals surface area contributed by atoms with Crippen LogP contribution in [0.4, 0.5) is 11.4 Å². The van der Waals surface area contributed by atoms with Crippen LogP contribution in [0.2, 0.25) is 25.7 Å². The molecule has 6 unspecified atom stereocenters. The SMILES string of the molecule is CC12Cc3c(c(C(=O)O)nn3COCC[Si](C)(C)C)CC1C2.CN(C)CC(c1ccccc1)n1cc(N)cn1.CN(C)CC(c1ccccc1)n1cc(NC(=O)c2n[nH]c3c2CC2CC2(C)C3)cn1. The molecule has 17 heteroatoms. The Morgan fingerprint density at radius 2 is 1.41 bits per heavy atom. The van der Waals surface area contributed by atoms with Gasteiger partial charge in [-0.1, -0.05) is 94.2 Å². The third-order valence-corrected chi connectivity index (χ3v) is 16.1. The molecule has 2 saturated carbocycles. The summed E-state index contributed by atoms with van der Waals surface area (Å²) in [6.45, 7) is 14.4. The van der Waals surface area contributed by atoms with Gasteiger partial charge in [-0.3, -0.25) is 19.3 Å². The third kappa shape index (κ3) is 11.9. The van der Waals surface area contributed by atoms with E-state index < -0.39 is 14.0 Å². The number of H-pyrrole nitrogens is 1. The van der Waals surface area contributed by atoms with Crippen molar-refractivity contribution < 1.29 is 19.4 Å². The van der Waals surface area contributed by atoms with Crippen LogP contribution >= 0.6 is 0 Å². The summed E-state index contributed by atoms with van der Waals surface area (Å²) in [6.07, 6.45) is 13.4. The predicted molar refractivity (Wildman–Crippen MR) is 272 cm³/mol. The average Bonchev–Trinajstić information content (AvgIpc) is 3.68. The van der Waals surface area contributed by atoms with Gasteiger partial charge in [0, 0.05) is 62.7 Å². The molecule has 6 aromatic rings. The average molecular weight is 957 g/mol. The number of nitrogens with one attached hydrogen (secondary N) is 2. The van der Waals surface area contributed by atoms with Crippen molar-refractivity contribution in [3.63, 3.8) is 0 Å². The number of benzene rings is 2. The number of likely N-dealkylation sites (N-methyl/N-ethyl adjacent to an activating group) is 2. The molecule has 6 atom stereocenters. The second-order valence-corrected chi connectivity index (χ2v) is 27.7. The lowest BCUT2D eigenvalue weighted by atomic mass is 9.87. The molecule has 0 bridgehead atoms. The first kappa shape index (κ1) is 49.5. The van der Waals surface area contributed by atoms with Gasteiger partial charge in [-0.2, -0.15) is 20.4 Å². The summed E-state index contributed by atoms with van der Waals surface area (Å²) < 4.78 is 11.4. The number of carbonyl (C=O) groups is 2. The fourth-order valence-corrected chi connectivity index (χ4v) is 10.8. The number of carboxylic acid groups (broad SMARTS) is 1. The lowest BCUT2D eigenvalue weighted by Gasteiger charge is -2.22. The molecule has 0 saturated heterocycles. The van der Waals surface area contributed by atoms with Crippen molar-refractivity contribution in [3.05, 3.63) is 130 Å². The minimum Gasteiger partial charge on any atom is -0.476 e. The zero-order chi connectivity index (χ0) is 49.3. The molecule has 69 heavy (non-hydrogen) atoms. The fourth-order valence-electron chi connectivity index (χ4n) is 10.1. The van der Waals surface area contributed by atoms with Crippen molar-refractivity contribution in [2.45, 2.75) is 96.9 Å². The number of aromatic carboxylic acids is 1. The first-order valence-corrected chi connectivity index (χ1v) is 28.0. The standard InChI is InChI=1S/C23H28N6O.C16H26N2O3Si.C13H18N4/c1-23-10-16(23)9-18-19(11-23)26-27-21(18)22(30)25-17-12-24-29(13-17)20(14-28(2)3)15-7-5-4-6-8-15;1-16-8-11(16)7-12-13(9-16)18(17-14(12)15(19)20)10-21-5-6-22(2,3)4;1-16(2)10-13(11-6-4-3-5-7-11)17-9-12(14)8-15-17/h4-8,12-13,16,20H,9-11,14H2,1-3H3,(H,25,30)(H,26,27);11H,5-10H2,1-4H3,(H,19,20);3-9,13H,10,14H2,1-2H3. The summed E-state index contributed by atoms with van der Waals surface area (Å²) in [5.74, 6) is 0.250. The van der Waals surface area contributed by atoms with Gasteiger partial charge < -0.3 is 30.7 Å². The Balaban J connectivity index is 0.000000146. The number of fused-ring (bicyclic) bond motifs is 4.